The minimum Gasteiger partial charge on any atom is -0.378 e. The van der Waals surface area contributed by atoms with Crippen LogP contribution in [0.4, 0.5) is 5.69 Å². The number of hydrogen-bond acceptors (Lipinski definition) is 4. The third-order valence-electron chi connectivity index (χ3n) is 3.24. The van der Waals surface area contributed by atoms with Gasteiger partial charge in [-0.1, -0.05) is 12.1 Å². The summed E-state index contributed by atoms with van der Waals surface area (Å²) in [5.41, 5.74) is 3.50. The maximum atomic E-state index is 4.69. The van der Waals surface area contributed by atoms with Gasteiger partial charge in [0.25, 0.3) is 0 Å². The highest BCUT2D eigenvalue weighted by Crippen LogP contribution is 2.33. The van der Waals surface area contributed by atoms with E-state index in [1.54, 1.807) is 11.3 Å². The van der Waals surface area contributed by atoms with Crippen molar-refractivity contribution in [3.05, 3.63) is 34.2 Å². The largest absolute Gasteiger partial charge is 0.378 e. The lowest BCUT2D eigenvalue weighted by Crippen LogP contribution is -2.11. The molecule has 3 nitrogen and oxygen atoms in total. The molecule has 0 bridgehead atoms. The lowest BCUT2D eigenvalue weighted by molar-refractivity contribution is 0.664. The van der Waals surface area contributed by atoms with Crippen LogP contribution < -0.4 is 10.2 Å². The molecule has 0 amide bonds. The molecule has 1 aromatic carbocycles. The summed E-state index contributed by atoms with van der Waals surface area (Å²) in [6, 6.07) is 8.90. The second kappa shape index (κ2) is 5.72. The van der Waals surface area contributed by atoms with E-state index >= 15 is 0 Å². The average molecular weight is 275 g/mol. The normalized spacial score (nSPS) is 12.5. The first-order valence-electron chi connectivity index (χ1n) is 6.45. The molecule has 4 heteroatoms. The van der Waals surface area contributed by atoms with E-state index in [-0.39, 0.29) is 0 Å². The van der Waals surface area contributed by atoms with Gasteiger partial charge in [0.1, 0.15) is 0 Å². The summed E-state index contributed by atoms with van der Waals surface area (Å²) in [6.07, 6.45) is 0. The van der Waals surface area contributed by atoms with E-state index < -0.39 is 0 Å². The molecule has 0 fully saturated rings. The Kier molecular flexibility index (Phi) is 4.22. The van der Waals surface area contributed by atoms with Crippen molar-refractivity contribution >= 4 is 17.0 Å². The van der Waals surface area contributed by atoms with Crippen LogP contribution >= 0.6 is 11.3 Å². The van der Waals surface area contributed by atoms with Crippen LogP contribution in [0.3, 0.4) is 0 Å². The Bertz CT molecular complexity index is 543. The van der Waals surface area contributed by atoms with Gasteiger partial charge in [-0.15, -0.1) is 11.3 Å². The summed E-state index contributed by atoms with van der Waals surface area (Å²) >= 11 is 1.77. The molecule has 0 saturated carbocycles. The van der Waals surface area contributed by atoms with Gasteiger partial charge in [0.2, 0.25) is 0 Å². The number of aromatic nitrogens is 1. The predicted molar refractivity (Wildman–Crippen MR) is 84.1 cm³/mol. The molecule has 0 aliphatic heterocycles. The molecule has 2 rings (SSSR count). The van der Waals surface area contributed by atoms with Crippen molar-refractivity contribution in [1.82, 2.24) is 10.3 Å². The molecule has 1 N–H and O–H groups in total. The Morgan fingerprint density at radius 2 is 1.84 bits per heavy atom. The van der Waals surface area contributed by atoms with Crippen LogP contribution in [0.5, 0.6) is 0 Å². The highest BCUT2D eigenvalue weighted by Gasteiger charge is 2.15. The SMILES string of the molecule is CNC(C)c1sc(C)nc1-c1ccc(N(C)C)cc1. The van der Waals surface area contributed by atoms with E-state index in [9.17, 15) is 0 Å². The van der Waals surface area contributed by atoms with Gasteiger partial charge in [-0.3, -0.25) is 0 Å². The van der Waals surface area contributed by atoms with Crippen LogP contribution in [-0.2, 0) is 0 Å². The zero-order chi connectivity index (χ0) is 14.0. The molecular formula is C15H21N3S. The van der Waals surface area contributed by atoms with Crippen molar-refractivity contribution in [2.24, 2.45) is 0 Å². The van der Waals surface area contributed by atoms with Gasteiger partial charge in [0.05, 0.1) is 10.7 Å². The predicted octanol–water partition coefficient (Wildman–Crippen LogP) is 3.46. The van der Waals surface area contributed by atoms with Crippen molar-refractivity contribution in [1.29, 1.82) is 0 Å². The van der Waals surface area contributed by atoms with Crippen LogP contribution in [0, 0.1) is 6.92 Å². The highest BCUT2D eigenvalue weighted by molar-refractivity contribution is 7.12. The number of rotatable bonds is 4. The first-order valence-corrected chi connectivity index (χ1v) is 7.27. The number of nitrogens with one attached hydrogen (secondary N) is 1. The van der Waals surface area contributed by atoms with Crippen LogP contribution in [-0.4, -0.2) is 26.1 Å². The first-order chi connectivity index (χ1) is 9.02. The van der Waals surface area contributed by atoms with E-state index in [0.29, 0.717) is 6.04 Å². The van der Waals surface area contributed by atoms with Gasteiger partial charge in [0, 0.05) is 36.3 Å². The van der Waals surface area contributed by atoms with Gasteiger partial charge in [-0.2, -0.15) is 0 Å². The second-order valence-corrected chi connectivity index (χ2v) is 6.13. The fraction of sp³-hybridized carbons (Fsp3) is 0.400. The fourth-order valence-electron chi connectivity index (χ4n) is 1.99. The van der Waals surface area contributed by atoms with E-state index in [1.807, 2.05) is 7.05 Å². The third-order valence-corrected chi connectivity index (χ3v) is 4.40. The van der Waals surface area contributed by atoms with Crippen LogP contribution in [0.25, 0.3) is 11.3 Å². The number of benzene rings is 1. The van der Waals surface area contributed by atoms with Gasteiger partial charge in [-0.05, 0) is 33.0 Å². The molecule has 2 aromatic rings. The Labute approximate surface area is 119 Å². The molecule has 0 aliphatic rings. The molecule has 0 spiro atoms. The number of anilines is 1. The summed E-state index contributed by atoms with van der Waals surface area (Å²) < 4.78 is 0. The van der Waals surface area contributed by atoms with Gasteiger partial charge in [0.15, 0.2) is 0 Å². The van der Waals surface area contributed by atoms with E-state index in [0.717, 1.165) is 10.7 Å². The summed E-state index contributed by atoms with van der Waals surface area (Å²) in [4.78, 5) is 8.10. The summed E-state index contributed by atoms with van der Waals surface area (Å²) in [6.45, 7) is 4.23. The number of aryl methyl sites for hydroxylation is 1. The van der Waals surface area contributed by atoms with Crippen molar-refractivity contribution in [2.45, 2.75) is 19.9 Å². The zero-order valence-electron chi connectivity index (χ0n) is 12.2. The smallest absolute Gasteiger partial charge is 0.0905 e. The minimum absolute atomic E-state index is 0.328. The molecule has 0 radical (unpaired) electrons. The third kappa shape index (κ3) is 2.96. The Morgan fingerprint density at radius 1 is 1.21 bits per heavy atom. The number of hydrogen-bond donors (Lipinski definition) is 1. The monoisotopic (exact) mass is 275 g/mol. The van der Waals surface area contributed by atoms with Crippen LogP contribution in [0.2, 0.25) is 0 Å². The minimum atomic E-state index is 0.328. The van der Waals surface area contributed by atoms with Crippen LogP contribution in [0.15, 0.2) is 24.3 Å². The Morgan fingerprint density at radius 3 is 2.37 bits per heavy atom. The maximum absolute atomic E-state index is 4.69. The van der Waals surface area contributed by atoms with Crippen molar-refractivity contribution in [2.75, 3.05) is 26.0 Å². The lowest BCUT2D eigenvalue weighted by atomic mass is 10.1. The van der Waals surface area contributed by atoms with Crippen LogP contribution in [0.1, 0.15) is 22.9 Å². The summed E-state index contributed by atoms with van der Waals surface area (Å²) in [5, 5.41) is 4.41. The summed E-state index contributed by atoms with van der Waals surface area (Å²) in [5.74, 6) is 0. The zero-order valence-corrected chi connectivity index (χ0v) is 13.0. The summed E-state index contributed by atoms with van der Waals surface area (Å²) in [7, 11) is 6.09. The first kappa shape index (κ1) is 14.0. The molecule has 1 heterocycles. The fourth-order valence-corrected chi connectivity index (χ4v) is 3.00. The Balaban J connectivity index is 2.41. The maximum Gasteiger partial charge on any atom is 0.0905 e. The molecule has 1 atom stereocenters. The molecule has 0 saturated heterocycles. The molecule has 1 unspecified atom stereocenters. The standard InChI is InChI=1S/C15H21N3S/c1-10(16-3)15-14(17-11(2)19-15)12-6-8-13(9-7-12)18(4)5/h6-10,16H,1-5H3. The van der Waals surface area contributed by atoms with Crippen molar-refractivity contribution in [3.8, 4) is 11.3 Å². The van der Waals surface area contributed by atoms with Gasteiger partial charge >= 0.3 is 0 Å². The van der Waals surface area contributed by atoms with Crippen molar-refractivity contribution < 1.29 is 0 Å². The second-order valence-electron chi connectivity index (χ2n) is 4.90. The van der Waals surface area contributed by atoms with E-state index in [4.69, 9.17) is 0 Å². The van der Waals surface area contributed by atoms with Crippen molar-refractivity contribution in [3.63, 3.8) is 0 Å². The topological polar surface area (TPSA) is 28.2 Å². The molecule has 102 valence electrons. The highest BCUT2D eigenvalue weighted by atomic mass is 32.1. The molecule has 1 aromatic heterocycles. The van der Waals surface area contributed by atoms with E-state index in [1.165, 1.54) is 16.1 Å². The Hall–Kier alpha value is -1.39. The lowest BCUT2D eigenvalue weighted by Gasteiger charge is -2.13. The van der Waals surface area contributed by atoms with Gasteiger partial charge in [-0.25, -0.2) is 4.98 Å². The quantitative estimate of drug-likeness (QED) is 0.926. The number of nitrogens with zero attached hydrogens (tertiary/aromatic N) is 2. The molecule has 19 heavy (non-hydrogen) atoms. The molecular weight excluding hydrogens is 254 g/mol. The van der Waals surface area contributed by atoms with Gasteiger partial charge < -0.3 is 10.2 Å². The number of thiazole rings is 1. The molecule has 0 aliphatic carbocycles. The van der Waals surface area contributed by atoms with E-state index in [2.05, 4.69) is 67.4 Å². The average Bonchev–Trinajstić information content (AvgIpc) is 2.80.